The first kappa shape index (κ1) is 11.7. The molecule has 84 valence electrons. The van der Waals surface area contributed by atoms with Crippen LogP contribution in [0, 0.1) is 0 Å². The summed E-state index contributed by atoms with van der Waals surface area (Å²) >= 11 is 0. The van der Waals surface area contributed by atoms with Crippen molar-refractivity contribution in [1.82, 2.24) is 14.9 Å². The largest absolute Gasteiger partial charge is 0.401 e. The first-order chi connectivity index (χ1) is 6.38. The normalized spacial score (nSPS) is 21.9. The van der Waals surface area contributed by atoms with Crippen LogP contribution in [-0.2, 0) is 0 Å². The molecule has 0 unspecified atom stereocenters. The zero-order chi connectivity index (χ0) is 10.8. The number of nitrogens with zero attached hydrogens (tertiary/aromatic N) is 3. The Morgan fingerprint density at radius 2 is 1.57 bits per heavy atom. The predicted octanol–water partition coefficient (Wildman–Crippen LogP) is 0.643. The maximum absolute atomic E-state index is 12.0. The molecule has 0 aromatic heterocycles. The van der Waals surface area contributed by atoms with Crippen molar-refractivity contribution in [3.05, 3.63) is 0 Å². The van der Waals surface area contributed by atoms with Crippen LogP contribution in [0.15, 0.2) is 0 Å². The topological polar surface area (TPSA) is 9.72 Å². The minimum atomic E-state index is -4.07. The van der Waals surface area contributed by atoms with Crippen LogP contribution in [0.5, 0.6) is 0 Å². The van der Waals surface area contributed by atoms with E-state index in [1.807, 2.05) is 24.1 Å². The summed E-state index contributed by atoms with van der Waals surface area (Å²) in [5.41, 5.74) is 0. The third-order valence-corrected chi connectivity index (χ3v) is 2.32. The lowest BCUT2D eigenvalue weighted by Crippen LogP contribution is -2.52. The lowest BCUT2D eigenvalue weighted by molar-refractivity contribution is -0.153. The number of alkyl halides is 3. The third-order valence-electron chi connectivity index (χ3n) is 2.32. The molecule has 1 heterocycles. The zero-order valence-corrected chi connectivity index (χ0v) is 8.51. The number of rotatable bonds is 2. The van der Waals surface area contributed by atoms with E-state index in [4.69, 9.17) is 0 Å². The second kappa shape index (κ2) is 4.46. The molecular formula is C8H16F3N3. The van der Waals surface area contributed by atoms with Gasteiger partial charge in [-0.25, -0.2) is 10.0 Å². The fourth-order valence-corrected chi connectivity index (χ4v) is 1.55. The van der Waals surface area contributed by atoms with Gasteiger partial charge in [0.2, 0.25) is 0 Å². The Balaban J connectivity index is 2.29. The van der Waals surface area contributed by atoms with Gasteiger partial charge in [0.25, 0.3) is 0 Å². The Morgan fingerprint density at radius 3 is 1.93 bits per heavy atom. The van der Waals surface area contributed by atoms with Gasteiger partial charge < -0.3 is 0 Å². The molecule has 0 bridgehead atoms. The molecule has 1 rings (SSSR count). The van der Waals surface area contributed by atoms with Crippen LogP contribution >= 0.6 is 0 Å². The van der Waals surface area contributed by atoms with Crippen LogP contribution in [0.4, 0.5) is 13.2 Å². The Labute approximate surface area is 82.0 Å². The molecule has 0 aromatic carbocycles. The number of halogens is 3. The predicted molar refractivity (Wildman–Crippen MR) is 47.8 cm³/mol. The molecule has 0 spiro atoms. The first-order valence-corrected chi connectivity index (χ1v) is 4.60. The summed E-state index contributed by atoms with van der Waals surface area (Å²) in [6.45, 7) is 1.52. The van der Waals surface area contributed by atoms with E-state index in [1.54, 1.807) is 0 Å². The molecule has 6 heteroatoms. The standard InChI is InChI=1S/C8H16F3N3/c1-12(2)14-5-3-13(4-6-14)7-8(9,10)11/h3-7H2,1-2H3. The van der Waals surface area contributed by atoms with Crippen molar-refractivity contribution in [2.24, 2.45) is 0 Å². The Bertz CT molecular complexity index is 173. The van der Waals surface area contributed by atoms with Gasteiger partial charge in [-0.05, 0) is 0 Å². The average Bonchev–Trinajstić information content (AvgIpc) is 2.02. The van der Waals surface area contributed by atoms with Crippen LogP contribution in [0.2, 0.25) is 0 Å². The molecule has 0 saturated carbocycles. The van der Waals surface area contributed by atoms with Gasteiger partial charge in [-0.15, -0.1) is 0 Å². The van der Waals surface area contributed by atoms with Gasteiger partial charge in [-0.3, -0.25) is 4.90 Å². The van der Waals surface area contributed by atoms with Crippen LogP contribution in [0.25, 0.3) is 0 Å². The molecule has 1 aliphatic heterocycles. The van der Waals surface area contributed by atoms with Crippen LogP contribution in [-0.4, -0.2) is 67.9 Å². The quantitative estimate of drug-likeness (QED) is 0.663. The second-order valence-corrected chi connectivity index (χ2v) is 3.69. The highest BCUT2D eigenvalue weighted by Gasteiger charge is 2.32. The number of hydrogen-bond donors (Lipinski definition) is 0. The van der Waals surface area contributed by atoms with E-state index in [0.717, 1.165) is 0 Å². The molecule has 1 aliphatic rings. The lowest BCUT2D eigenvalue weighted by Gasteiger charge is -2.38. The highest BCUT2D eigenvalue weighted by Crippen LogP contribution is 2.17. The number of piperazine rings is 1. The molecule has 1 saturated heterocycles. The van der Waals surface area contributed by atoms with E-state index in [-0.39, 0.29) is 0 Å². The van der Waals surface area contributed by atoms with Crippen molar-refractivity contribution in [1.29, 1.82) is 0 Å². The van der Waals surface area contributed by atoms with Crippen molar-refractivity contribution in [2.45, 2.75) is 6.18 Å². The molecule has 0 aliphatic carbocycles. The van der Waals surface area contributed by atoms with Crippen molar-refractivity contribution in [3.63, 3.8) is 0 Å². The highest BCUT2D eigenvalue weighted by molar-refractivity contribution is 4.71. The van der Waals surface area contributed by atoms with Gasteiger partial charge in [-0.2, -0.15) is 13.2 Å². The fourth-order valence-electron chi connectivity index (χ4n) is 1.55. The molecule has 14 heavy (non-hydrogen) atoms. The van der Waals surface area contributed by atoms with Gasteiger partial charge in [0.1, 0.15) is 0 Å². The Kier molecular flexibility index (Phi) is 3.74. The van der Waals surface area contributed by atoms with E-state index in [2.05, 4.69) is 0 Å². The summed E-state index contributed by atoms with van der Waals surface area (Å²) < 4.78 is 36.1. The minimum absolute atomic E-state index is 0.484. The van der Waals surface area contributed by atoms with Gasteiger partial charge >= 0.3 is 6.18 Å². The average molecular weight is 211 g/mol. The summed E-state index contributed by atoms with van der Waals surface area (Å²) in [6, 6.07) is 0. The van der Waals surface area contributed by atoms with E-state index >= 15 is 0 Å². The fraction of sp³-hybridized carbons (Fsp3) is 1.00. The lowest BCUT2D eigenvalue weighted by atomic mass is 10.3. The third kappa shape index (κ3) is 3.81. The SMILES string of the molecule is CN(C)N1CCN(CC(F)(F)F)CC1. The van der Waals surface area contributed by atoms with E-state index in [9.17, 15) is 13.2 Å². The van der Waals surface area contributed by atoms with Gasteiger partial charge in [0, 0.05) is 40.3 Å². The minimum Gasteiger partial charge on any atom is -0.292 e. The van der Waals surface area contributed by atoms with Crippen LogP contribution in [0.3, 0.4) is 0 Å². The summed E-state index contributed by atoms with van der Waals surface area (Å²) in [4.78, 5) is 1.44. The maximum Gasteiger partial charge on any atom is 0.401 e. The van der Waals surface area contributed by atoms with Crippen molar-refractivity contribution in [2.75, 3.05) is 46.8 Å². The molecule has 0 aromatic rings. The molecule has 0 atom stereocenters. The summed E-state index contributed by atoms with van der Waals surface area (Å²) in [5.74, 6) is 0. The van der Waals surface area contributed by atoms with Crippen molar-refractivity contribution < 1.29 is 13.2 Å². The summed E-state index contributed by atoms with van der Waals surface area (Å²) in [6.07, 6.45) is -4.07. The monoisotopic (exact) mass is 211 g/mol. The van der Waals surface area contributed by atoms with Gasteiger partial charge in [-0.1, -0.05) is 0 Å². The molecule has 1 fully saturated rings. The number of hydrogen-bond acceptors (Lipinski definition) is 3. The maximum atomic E-state index is 12.0. The highest BCUT2D eigenvalue weighted by atomic mass is 19.4. The first-order valence-electron chi connectivity index (χ1n) is 4.60. The smallest absolute Gasteiger partial charge is 0.292 e. The molecule has 0 amide bonds. The Morgan fingerprint density at radius 1 is 1.07 bits per heavy atom. The van der Waals surface area contributed by atoms with E-state index in [1.165, 1.54) is 4.90 Å². The Hall–Kier alpha value is -0.330. The molecule has 0 N–H and O–H groups in total. The van der Waals surface area contributed by atoms with Crippen LogP contribution in [0.1, 0.15) is 0 Å². The molecule has 3 nitrogen and oxygen atoms in total. The zero-order valence-electron chi connectivity index (χ0n) is 8.51. The summed E-state index contributed by atoms with van der Waals surface area (Å²) in [7, 11) is 3.80. The van der Waals surface area contributed by atoms with Crippen LogP contribution < -0.4 is 0 Å². The molecule has 0 radical (unpaired) electrons. The van der Waals surface area contributed by atoms with E-state index in [0.29, 0.717) is 26.2 Å². The van der Waals surface area contributed by atoms with Crippen molar-refractivity contribution in [3.8, 4) is 0 Å². The van der Waals surface area contributed by atoms with E-state index < -0.39 is 12.7 Å². The number of hydrazine groups is 1. The van der Waals surface area contributed by atoms with Crippen molar-refractivity contribution >= 4 is 0 Å². The van der Waals surface area contributed by atoms with Gasteiger partial charge in [0.05, 0.1) is 6.54 Å². The molecular weight excluding hydrogens is 195 g/mol. The summed E-state index contributed by atoms with van der Waals surface area (Å²) in [5, 5.41) is 3.96. The second-order valence-electron chi connectivity index (χ2n) is 3.69. The van der Waals surface area contributed by atoms with Gasteiger partial charge in [0.15, 0.2) is 0 Å².